The maximum absolute atomic E-state index is 14.3. The molecule has 22 heteroatoms. The third-order valence-corrected chi connectivity index (χ3v) is 11.1. The number of hydrogen-bond donors (Lipinski definition) is 11. The van der Waals surface area contributed by atoms with Crippen LogP contribution in [-0.4, -0.2) is 133 Å². The van der Waals surface area contributed by atoms with Crippen LogP contribution < -0.4 is 31.9 Å². The Kier molecular flexibility index (Phi) is 19.1. The molecule has 0 radical (unpaired) electrons. The molecule has 0 aliphatic carbocycles. The normalized spacial score (nSPS) is 15.4. The van der Waals surface area contributed by atoms with Crippen molar-refractivity contribution < 1.29 is 58.2 Å². The first-order valence-corrected chi connectivity index (χ1v) is 22.2. The number of imide groups is 1. The fourth-order valence-corrected chi connectivity index (χ4v) is 7.34. The molecule has 1 saturated heterocycles. The number of amides is 8. The molecule has 0 spiro atoms. The van der Waals surface area contributed by atoms with Crippen LogP contribution in [0.2, 0.25) is 0 Å². The summed E-state index contributed by atoms with van der Waals surface area (Å²) in [6, 6.07) is 8.29. The molecule has 4 rings (SSSR count). The van der Waals surface area contributed by atoms with E-state index < -0.39 is 101 Å². The lowest BCUT2D eigenvalue weighted by molar-refractivity contribution is -0.143. The van der Waals surface area contributed by atoms with Gasteiger partial charge in [0.2, 0.25) is 47.3 Å². The van der Waals surface area contributed by atoms with Gasteiger partial charge in [0.25, 0.3) is 0 Å². The van der Waals surface area contributed by atoms with Crippen LogP contribution in [-0.2, 0) is 60.8 Å². The number of H-pyrrole nitrogens is 1. The topological polar surface area (TPSA) is 302 Å². The Balaban J connectivity index is 1.52. The molecule has 66 heavy (non-hydrogen) atoms. The van der Waals surface area contributed by atoms with E-state index in [0.29, 0.717) is 34.9 Å². The number of thiol groups is 2. The third-order valence-electron chi connectivity index (χ3n) is 10.6. The smallest absolute Gasteiger partial charge is 0.327 e. The van der Waals surface area contributed by atoms with Crippen molar-refractivity contribution in [3.05, 3.63) is 71.9 Å². The molecule has 0 saturated carbocycles. The van der Waals surface area contributed by atoms with Crippen LogP contribution in [0.4, 0.5) is 0 Å². The van der Waals surface area contributed by atoms with Crippen LogP contribution in [0.25, 0.3) is 10.9 Å². The standard InChI is InChI=1S/C44H56N8O12S2/c1-24(65)38(58)48-29(15-9-10-18-52-34(54)16-17-35(52)55)39(59)46-23-33(53)47-32(21-36(56)57)41(61)50-31(20-26-22-45-28-14-8-7-13-27(26)28)40(60)49-30(19-25-11-5-4-6-12-25)42(62)51-37(43(63)64)44(2,3)66/h4-8,11-14,22,24,29-32,37,45,65-66H,9-10,15-21,23H2,1-3H3,(H,46,59)(H,47,53)(H,48,58)(H,49,60)(H,50,61)(H,51,62)(H,56,57)(H,63,64)/t24?,29-,30-,31-,32-,37+/m0/s1. The number of carboxylic acids is 2. The van der Waals surface area contributed by atoms with Gasteiger partial charge < -0.3 is 47.1 Å². The molecule has 9 N–H and O–H groups in total. The number of unbranched alkanes of at least 4 members (excludes halogenated alkanes) is 1. The lowest BCUT2D eigenvalue weighted by atomic mass is 9.99. The summed E-state index contributed by atoms with van der Waals surface area (Å²) in [5.41, 5.74) is 1.84. The van der Waals surface area contributed by atoms with E-state index in [1.54, 1.807) is 60.8 Å². The predicted molar refractivity (Wildman–Crippen MR) is 246 cm³/mol. The second-order valence-electron chi connectivity index (χ2n) is 16.4. The van der Waals surface area contributed by atoms with Crippen molar-refractivity contribution in [1.29, 1.82) is 0 Å². The fourth-order valence-electron chi connectivity index (χ4n) is 7.09. The Morgan fingerprint density at radius 1 is 0.727 bits per heavy atom. The lowest BCUT2D eigenvalue weighted by Crippen LogP contribution is -2.60. The molecule has 2 heterocycles. The number of nitrogens with one attached hydrogen (secondary N) is 7. The Hall–Kier alpha value is -6.42. The number of benzene rings is 2. The average Bonchev–Trinajstić information content (AvgIpc) is 3.81. The molecule has 1 aliphatic heterocycles. The number of aliphatic carboxylic acids is 2. The number of carbonyl (C=O) groups is 10. The largest absolute Gasteiger partial charge is 0.481 e. The highest BCUT2D eigenvalue weighted by molar-refractivity contribution is 7.82. The molecular weight excluding hydrogens is 897 g/mol. The number of likely N-dealkylation sites (tertiary alicyclic amines) is 1. The van der Waals surface area contributed by atoms with Gasteiger partial charge in [0.1, 0.15) is 30.2 Å². The Morgan fingerprint density at radius 2 is 1.30 bits per heavy atom. The van der Waals surface area contributed by atoms with Gasteiger partial charge in [-0.15, -0.1) is 0 Å². The monoisotopic (exact) mass is 952 g/mol. The minimum Gasteiger partial charge on any atom is -0.481 e. The van der Waals surface area contributed by atoms with Crippen molar-refractivity contribution in [2.24, 2.45) is 0 Å². The van der Waals surface area contributed by atoms with E-state index in [2.05, 4.69) is 62.1 Å². The average molecular weight is 953 g/mol. The van der Waals surface area contributed by atoms with E-state index in [0.717, 1.165) is 4.90 Å². The van der Waals surface area contributed by atoms with E-state index in [9.17, 15) is 58.2 Å². The second-order valence-corrected chi connectivity index (χ2v) is 18.3. The van der Waals surface area contributed by atoms with Gasteiger partial charge in [-0.3, -0.25) is 48.1 Å². The zero-order valence-corrected chi connectivity index (χ0v) is 38.4. The third kappa shape index (κ3) is 15.6. The number of aromatic amines is 1. The first-order valence-electron chi connectivity index (χ1n) is 21.2. The fraction of sp³-hybridized carbons (Fsp3) is 0.455. The Morgan fingerprint density at radius 3 is 1.91 bits per heavy atom. The molecule has 20 nitrogen and oxygen atoms in total. The van der Waals surface area contributed by atoms with Gasteiger partial charge in [-0.05, 0) is 57.2 Å². The van der Waals surface area contributed by atoms with E-state index in [1.165, 1.54) is 20.8 Å². The molecule has 2 aromatic carbocycles. The van der Waals surface area contributed by atoms with Crippen molar-refractivity contribution in [3.8, 4) is 0 Å². The van der Waals surface area contributed by atoms with Crippen molar-refractivity contribution in [3.63, 3.8) is 0 Å². The van der Waals surface area contributed by atoms with Gasteiger partial charge in [0, 0.05) is 54.1 Å². The van der Waals surface area contributed by atoms with Crippen LogP contribution >= 0.6 is 25.3 Å². The van der Waals surface area contributed by atoms with Gasteiger partial charge in [0.15, 0.2) is 0 Å². The molecular formula is C44H56N8O12S2. The Bertz CT molecular complexity index is 2270. The molecule has 3 aromatic rings. The first kappa shape index (κ1) is 52.2. The number of hydrogen-bond acceptors (Lipinski definition) is 12. The summed E-state index contributed by atoms with van der Waals surface area (Å²) in [6.07, 6.45) is 1.29. The van der Waals surface area contributed by atoms with E-state index in [-0.39, 0.29) is 50.5 Å². The van der Waals surface area contributed by atoms with E-state index in [1.807, 2.05) is 0 Å². The number of fused-ring (bicyclic) bond motifs is 1. The van der Waals surface area contributed by atoms with Crippen LogP contribution in [0.1, 0.15) is 70.4 Å². The zero-order chi connectivity index (χ0) is 48.7. The molecule has 1 unspecified atom stereocenters. The Labute approximate surface area is 391 Å². The quantitative estimate of drug-likeness (QED) is 0.0313. The highest BCUT2D eigenvalue weighted by Gasteiger charge is 2.37. The number of carboxylic acid groups (broad SMARTS) is 2. The zero-order valence-electron chi connectivity index (χ0n) is 36.6. The maximum Gasteiger partial charge on any atom is 0.327 e. The van der Waals surface area contributed by atoms with Gasteiger partial charge in [-0.25, -0.2) is 4.79 Å². The summed E-state index contributed by atoms with van der Waals surface area (Å²) in [7, 11) is 0. The van der Waals surface area contributed by atoms with Crippen LogP contribution in [0.15, 0.2) is 60.8 Å². The van der Waals surface area contributed by atoms with Crippen LogP contribution in [0, 0.1) is 0 Å². The summed E-state index contributed by atoms with van der Waals surface area (Å²) in [5, 5.41) is 34.3. The van der Waals surface area contributed by atoms with E-state index >= 15 is 0 Å². The minimum atomic E-state index is -1.79. The molecule has 8 amide bonds. The summed E-state index contributed by atoms with van der Waals surface area (Å²) in [6.45, 7) is 3.83. The van der Waals surface area contributed by atoms with Gasteiger partial charge in [0.05, 0.1) is 18.2 Å². The molecule has 1 aromatic heterocycles. The number of aromatic nitrogens is 1. The number of carbonyl (C=O) groups excluding carboxylic acids is 8. The van der Waals surface area contributed by atoms with E-state index in [4.69, 9.17) is 0 Å². The summed E-state index contributed by atoms with van der Waals surface area (Å²) in [5.74, 6) is -8.72. The highest BCUT2D eigenvalue weighted by atomic mass is 32.1. The number of rotatable bonds is 25. The molecule has 356 valence electrons. The van der Waals surface area contributed by atoms with Crippen LogP contribution in [0.5, 0.6) is 0 Å². The second kappa shape index (κ2) is 24.2. The SMILES string of the molecule is CC(S)C(=O)N[C@@H](CCCCN1C(=O)CCC1=O)C(=O)NCC(=O)N[C@@H](CC(=O)O)C(=O)N[C@@H](Cc1c[nH]c2ccccc12)C(=O)N[C@@H](Cc1ccccc1)C(=O)N[C@H](C(=O)O)C(C)(C)S. The molecule has 0 bridgehead atoms. The van der Waals surface area contributed by atoms with Crippen molar-refractivity contribution in [1.82, 2.24) is 41.8 Å². The minimum absolute atomic E-state index is 0.0566. The molecule has 6 atom stereocenters. The molecule has 1 fully saturated rings. The lowest BCUT2D eigenvalue weighted by Gasteiger charge is -2.30. The maximum atomic E-state index is 14.3. The predicted octanol–water partition coefficient (Wildman–Crippen LogP) is 0.399. The van der Waals surface area contributed by atoms with Gasteiger partial charge in [-0.1, -0.05) is 48.5 Å². The van der Waals surface area contributed by atoms with Crippen molar-refractivity contribution in [2.75, 3.05) is 13.1 Å². The number of para-hydroxylation sites is 1. The summed E-state index contributed by atoms with van der Waals surface area (Å²) < 4.78 is -1.23. The number of nitrogens with zero attached hydrogens (tertiary/aromatic N) is 1. The summed E-state index contributed by atoms with van der Waals surface area (Å²) >= 11 is 8.44. The van der Waals surface area contributed by atoms with Crippen molar-refractivity contribution in [2.45, 2.75) is 112 Å². The van der Waals surface area contributed by atoms with Gasteiger partial charge >= 0.3 is 11.9 Å². The first-order chi connectivity index (χ1) is 31.1. The van der Waals surface area contributed by atoms with Crippen molar-refractivity contribution >= 4 is 95.4 Å². The molecule has 1 aliphatic rings. The summed E-state index contributed by atoms with van der Waals surface area (Å²) in [4.78, 5) is 133. The van der Waals surface area contributed by atoms with Crippen LogP contribution in [0.3, 0.4) is 0 Å². The highest BCUT2D eigenvalue weighted by Crippen LogP contribution is 2.21. The van der Waals surface area contributed by atoms with Gasteiger partial charge in [-0.2, -0.15) is 25.3 Å².